The number of rotatable bonds is 1. The van der Waals surface area contributed by atoms with E-state index in [0.717, 1.165) is 11.3 Å². The summed E-state index contributed by atoms with van der Waals surface area (Å²) in [5.41, 5.74) is 1.75. The van der Waals surface area contributed by atoms with Crippen LogP contribution < -0.4 is 0 Å². The van der Waals surface area contributed by atoms with Crippen LogP contribution in [0.2, 0.25) is 0 Å². The average molecular weight is 149 g/mol. The van der Waals surface area contributed by atoms with Gasteiger partial charge in [0.1, 0.15) is 0 Å². The summed E-state index contributed by atoms with van der Waals surface area (Å²) in [7, 11) is 1.73. The Balaban J connectivity index is 2.91. The van der Waals surface area contributed by atoms with Crippen LogP contribution in [0.25, 0.3) is 0 Å². The van der Waals surface area contributed by atoms with Gasteiger partial charge in [-0.15, -0.1) is 0 Å². The SMILES string of the molecule is C=C/C=C1/CC(=O)N(C)C1=C. The molecular formula is C9H11NO. The highest BCUT2D eigenvalue weighted by Crippen LogP contribution is 2.24. The first-order valence-corrected chi connectivity index (χ1v) is 3.44. The molecule has 0 spiro atoms. The van der Waals surface area contributed by atoms with Gasteiger partial charge in [0.15, 0.2) is 0 Å². The lowest BCUT2D eigenvalue weighted by molar-refractivity contribution is -0.125. The van der Waals surface area contributed by atoms with Gasteiger partial charge in [0.05, 0.1) is 6.42 Å². The first-order chi connectivity index (χ1) is 5.16. The minimum atomic E-state index is 0.100. The lowest BCUT2D eigenvalue weighted by atomic mass is 10.2. The summed E-state index contributed by atoms with van der Waals surface area (Å²) in [4.78, 5) is 12.6. The fourth-order valence-corrected chi connectivity index (χ4v) is 1.05. The molecular weight excluding hydrogens is 138 g/mol. The molecule has 0 unspecified atom stereocenters. The van der Waals surface area contributed by atoms with Crippen molar-refractivity contribution in [1.29, 1.82) is 0 Å². The summed E-state index contributed by atoms with van der Waals surface area (Å²) >= 11 is 0. The first kappa shape index (κ1) is 7.79. The minimum absolute atomic E-state index is 0.100. The van der Waals surface area contributed by atoms with Crippen molar-refractivity contribution in [2.75, 3.05) is 7.05 Å². The number of likely N-dealkylation sites (N-methyl/N-ethyl adjacent to an activating group) is 1. The third-order valence-electron chi connectivity index (χ3n) is 1.81. The smallest absolute Gasteiger partial charge is 0.231 e. The number of amides is 1. The Bertz CT molecular complexity index is 250. The van der Waals surface area contributed by atoms with Gasteiger partial charge in [0, 0.05) is 12.7 Å². The van der Waals surface area contributed by atoms with E-state index in [9.17, 15) is 4.79 Å². The Morgan fingerprint density at radius 1 is 1.64 bits per heavy atom. The molecule has 0 aromatic carbocycles. The molecule has 11 heavy (non-hydrogen) atoms. The van der Waals surface area contributed by atoms with Crippen LogP contribution in [-0.4, -0.2) is 17.9 Å². The molecule has 1 aliphatic heterocycles. The van der Waals surface area contributed by atoms with Crippen LogP contribution in [0.1, 0.15) is 6.42 Å². The monoisotopic (exact) mass is 149 g/mol. The zero-order chi connectivity index (χ0) is 8.43. The molecule has 0 aromatic heterocycles. The summed E-state index contributed by atoms with van der Waals surface area (Å²) in [5.74, 6) is 0.100. The molecule has 0 bridgehead atoms. The van der Waals surface area contributed by atoms with Crippen molar-refractivity contribution in [2.24, 2.45) is 0 Å². The zero-order valence-electron chi connectivity index (χ0n) is 6.63. The van der Waals surface area contributed by atoms with Gasteiger partial charge in [-0.2, -0.15) is 0 Å². The van der Waals surface area contributed by atoms with Gasteiger partial charge in [0.25, 0.3) is 0 Å². The van der Waals surface area contributed by atoms with Crippen LogP contribution in [0.5, 0.6) is 0 Å². The third kappa shape index (κ3) is 1.24. The highest BCUT2D eigenvalue weighted by atomic mass is 16.2. The van der Waals surface area contributed by atoms with Crippen molar-refractivity contribution in [3.63, 3.8) is 0 Å². The van der Waals surface area contributed by atoms with Gasteiger partial charge in [-0.25, -0.2) is 0 Å². The van der Waals surface area contributed by atoms with Gasteiger partial charge in [-0.05, 0) is 5.57 Å². The maximum absolute atomic E-state index is 11.1. The van der Waals surface area contributed by atoms with E-state index in [-0.39, 0.29) is 5.91 Å². The molecule has 2 heteroatoms. The van der Waals surface area contributed by atoms with Crippen LogP contribution in [0.4, 0.5) is 0 Å². The largest absolute Gasteiger partial charge is 0.316 e. The summed E-state index contributed by atoms with van der Waals surface area (Å²) in [6.07, 6.45) is 3.96. The Kier molecular flexibility index (Phi) is 1.94. The highest BCUT2D eigenvalue weighted by Gasteiger charge is 2.24. The third-order valence-corrected chi connectivity index (χ3v) is 1.81. The molecule has 1 fully saturated rings. The molecule has 1 rings (SSSR count). The molecule has 1 heterocycles. The fraction of sp³-hybridized carbons (Fsp3) is 0.222. The Labute approximate surface area is 66.5 Å². The molecule has 1 amide bonds. The second-order valence-corrected chi connectivity index (χ2v) is 2.50. The fourth-order valence-electron chi connectivity index (χ4n) is 1.05. The van der Waals surface area contributed by atoms with E-state index in [1.54, 1.807) is 18.0 Å². The number of nitrogens with zero attached hydrogens (tertiary/aromatic N) is 1. The number of carbonyl (C=O) groups excluding carboxylic acids is 1. The van der Waals surface area contributed by atoms with Crippen molar-refractivity contribution in [2.45, 2.75) is 6.42 Å². The molecule has 0 N–H and O–H groups in total. The van der Waals surface area contributed by atoms with Crippen molar-refractivity contribution in [3.8, 4) is 0 Å². The lowest BCUT2D eigenvalue weighted by Gasteiger charge is -2.07. The topological polar surface area (TPSA) is 20.3 Å². The van der Waals surface area contributed by atoms with E-state index in [1.165, 1.54) is 0 Å². The number of hydrogen-bond acceptors (Lipinski definition) is 1. The first-order valence-electron chi connectivity index (χ1n) is 3.44. The molecule has 58 valence electrons. The molecule has 0 aliphatic carbocycles. The lowest BCUT2D eigenvalue weighted by Crippen LogP contribution is -2.16. The van der Waals surface area contributed by atoms with Gasteiger partial charge < -0.3 is 4.90 Å². The normalized spacial score (nSPS) is 21.5. The van der Waals surface area contributed by atoms with Crippen molar-refractivity contribution in [1.82, 2.24) is 4.90 Å². The molecule has 0 atom stereocenters. The molecule has 2 nitrogen and oxygen atoms in total. The zero-order valence-corrected chi connectivity index (χ0v) is 6.63. The van der Waals surface area contributed by atoms with E-state index in [4.69, 9.17) is 0 Å². The van der Waals surface area contributed by atoms with Gasteiger partial charge >= 0.3 is 0 Å². The summed E-state index contributed by atoms with van der Waals surface area (Å²) in [6.45, 7) is 7.34. The van der Waals surface area contributed by atoms with E-state index in [0.29, 0.717) is 6.42 Å². The van der Waals surface area contributed by atoms with E-state index < -0.39 is 0 Å². The van der Waals surface area contributed by atoms with Gasteiger partial charge in [0.2, 0.25) is 5.91 Å². The number of carbonyl (C=O) groups is 1. The molecule has 0 saturated carbocycles. The standard InChI is InChI=1S/C9H11NO/c1-4-5-8-6-9(11)10(3)7(8)2/h4-5H,1-2,6H2,3H3/b8-5-. The summed E-state index contributed by atoms with van der Waals surface area (Å²) in [6, 6.07) is 0. The Hall–Kier alpha value is -1.31. The second kappa shape index (κ2) is 2.74. The second-order valence-electron chi connectivity index (χ2n) is 2.50. The van der Waals surface area contributed by atoms with Gasteiger partial charge in [-0.3, -0.25) is 4.79 Å². The van der Waals surface area contributed by atoms with Crippen LogP contribution in [-0.2, 0) is 4.79 Å². The van der Waals surface area contributed by atoms with Crippen molar-refractivity contribution >= 4 is 5.91 Å². The number of likely N-dealkylation sites (tertiary alicyclic amines) is 1. The number of allylic oxidation sites excluding steroid dienone is 3. The summed E-state index contributed by atoms with van der Waals surface area (Å²) in [5, 5.41) is 0. The maximum Gasteiger partial charge on any atom is 0.231 e. The van der Waals surface area contributed by atoms with Crippen molar-refractivity contribution < 1.29 is 4.79 Å². The maximum atomic E-state index is 11.1. The van der Waals surface area contributed by atoms with Crippen LogP contribution in [0.15, 0.2) is 36.6 Å². The molecule has 1 saturated heterocycles. The van der Waals surface area contributed by atoms with E-state index in [1.807, 2.05) is 6.08 Å². The molecule has 0 radical (unpaired) electrons. The van der Waals surface area contributed by atoms with Crippen molar-refractivity contribution in [3.05, 3.63) is 36.6 Å². The minimum Gasteiger partial charge on any atom is -0.316 e. The van der Waals surface area contributed by atoms with E-state index in [2.05, 4.69) is 13.2 Å². The van der Waals surface area contributed by atoms with E-state index >= 15 is 0 Å². The quantitative estimate of drug-likeness (QED) is 0.553. The molecule has 0 aromatic rings. The van der Waals surface area contributed by atoms with Crippen LogP contribution in [0.3, 0.4) is 0 Å². The summed E-state index contributed by atoms with van der Waals surface area (Å²) < 4.78 is 0. The highest BCUT2D eigenvalue weighted by molar-refractivity contribution is 5.86. The van der Waals surface area contributed by atoms with Crippen LogP contribution in [0, 0.1) is 0 Å². The Morgan fingerprint density at radius 2 is 2.27 bits per heavy atom. The Morgan fingerprint density at radius 3 is 2.64 bits per heavy atom. The van der Waals surface area contributed by atoms with Crippen LogP contribution >= 0.6 is 0 Å². The predicted molar refractivity (Wildman–Crippen MR) is 44.8 cm³/mol. The predicted octanol–water partition coefficient (Wildman–Crippen LogP) is 1.47. The molecule has 1 aliphatic rings. The average Bonchev–Trinajstić information content (AvgIpc) is 2.19. The number of hydrogen-bond donors (Lipinski definition) is 0. The van der Waals surface area contributed by atoms with Gasteiger partial charge in [-0.1, -0.05) is 25.3 Å².